The van der Waals surface area contributed by atoms with Gasteiger partial charge in [0.25, 0.3) is 0 Å². The zero-order valence-electron chi connectivity index (χ0n) is 10.4. The van der Waals surface area contributed by atoms with Gasteiger partial charge in [-0.2, -0.15) is 0 Å². The topological polar surface area (TPSA) is 29.3 Å². The van der Waals surface area contributed by atoms with Crippen molar-refractivity contribution in [2.45, 2.75) is 20.0 Å². The molecule has 0 bridgehead atoms. The first-order chi connectivity index (χ1) is 8.74. The summed E-state index contributed by atoms with van der Waals surface area (Å²) in [7, 11) is 0. The van der Waals surface area contributed by atoms with Crippen molar-refractivity contribution in [2.24, 2.45) is 5.73 Å². The smallest absolute Gasteiger partial charge is 0.0522 e. The molecule has 0 fully saturated rings. The van der Waals surface area contributed by atoms with Gasteiger partial charge in [0.1, 0.15) is 0 Å². The summed E-state index contributed by atoms with van der Waals surface area (Å²) in [5.41, 5.74) is 8.05. The summed E-state index contributed by atoms with van der Waals surface area (Å²) in [6.45, 7) is 4.70. The standard InChI is InChI=1S/C14H17BrN2S/c1-2-17(10-13-4-3-7-18-13)12-6-5-11(9-16)14(15)8-12/h3-8H,2,9-10,16H2,1H3. The van der Waals surface area contributed by atoms with E-state index in [-0.39, 0.29) is 0 Å². The lowest BCUT2D eigenvalue weighted by Gasteiger charge is -2.23. The minimum Gasteiger partial charge on any atom is -0.367 e. The maximum Gasteiger partial charge on any atom is 0.0522 e. The first kappa shape index (κ1) is 13.6. The highest BCUT2D eigenvalue weighted by atomic mass is 79.9. The van der Waals surface area contributed by atoms with Gasteiger partial charge in [0.2, 0.25) is 0 Å². The van der Waals surface area contributed by atoms with Crippen LogP contribution in [-0.2, 0) is 13.1 Å². The van der Waals surface area contributed by atoms with E-state index in [1.807, 2.05) is 0 Å². The Bertz CT molecular complexity index is 497. The predicted molar refractivity (Wildman–Crippen MR) is 83.1 cm³/mol. The van der Waals surface area contributed by atoms with Crippen LogP contribution < -0.4 is 10.6 Å². The quantitative estimate of drug-likeness (QED) is 0.900. The molecule has 4 heteroatoms. The third-order valence-corrected chi connectivity index (χ3v) is 4.53. The first-order valence-electron chi connectivity index (χ1n) is 6.00. The molecule has 0 atom stereocenters. The summed E-state index contributed by atoms with van der Waals surface area (Å²) in [6, 6.07) is 10.7. The van der Waals surface area contributed by atoms with Crippen molar-refractivity contribution < 1.29 is 0 Å². The summed E-state index contributed by atoms with van der Waals surface area (Å²) in [6.07, 6.45) is 0. The SMILES string of the molecule is CCN(Cc1cccs1)c1ccc(CN)c(Br)c1. The minimum absolute atomic E-state index is 0.567. The van der Waals surface area contributed by atoms with Gasteiger partial charge in [-0.1, -0.05) is 28.1 Å². The van der Waals surface area contributed by atoms with Gasteiger partial charge >= 0.3 is 0 Å². The highest BCUT2D eigenvalue weighted by molar-refractivity contribution is 9.10. The van der Waals surface area contributed by atoms with Gasteiger partial charge in [0.05, 0.1) is 6.54 Å². The Morgan fingerprint density at radius 1 is 1.33 bits per heavy atom. The summed E-state index contributed by atoms with van der Waals surface area (Å²) >= 11 is 5.38. The molecule has 0 saturated carbocycles. The summed E-state index contributed by atoms with van der Waals surface area (Å²) in [5.74, 6) is 0. The molecule has 2 rings (SSSR count). The zero-order chi connectivity index (χ0) is 13.0. The van der Waals surface area contributed by atoms with Crippen molar-refractivity contribution in [3.05, 3.63) is 50.6 Å². The fourth-order valence-corrected chi connectivity index (χ4v) is 3.12. The van der Waals surface area contributed by atoms with Crippen LogP contribution in [0, 0.1) is 0 Å². The average molecular weight is 325 g/mol. The molecule has 0 aliphatic carbocycles. The Hall–Kier alpha value is -0.840. The van der Waals surface area contributed by atoms with Crippen LogP contribution in [0.15, 0.2) is 40.2 Å². The van der Waals surface area contributed by atoms with Crippen molar-refractivity contribution in [1.82, 2.24) is 0 Å². The van der Waals surface area contributed by atoms with Gasteiger partial charge in [-0.15, -0.1) is 11.3 Å². The zero-order valence-corrected chi connectivity index (χ0v) is 12.8. The minimum atomic E-state index is 0.567. The van der Waals surface area contributed by atoms with Crippen LogP contribution in [-0.4, -0.2) is 6.54 Å². The normalized spacial score (nSPS) is 10.6. The molecular formula is C14H17BrN2S. The Morgan fingerprint density at radius 2 is 2.17 bits per heavy atom. The van der Waals surface area contributed by atoms with Gasteiger partial charge in [0.15, 0.2) is 0 Å². The summed E-state index contributed by atoms with van der Waals surface area (Å²) in [4.78, 5) is 3.74. The van der Waals surface area contributed by atoms with Crippen molar-refractivity contribution in [3.63, 3.8) is 0 Å². The number of benzene rings is 1. The number of hydrogen-bond acceptors (Lipinski definition) is 3. The Kier molecular flexibility index (Phi) is 4.80. The Morgan fingerprint density at radius 3 is 2.72 bits per heavy atom. The van der Waals surface area contributed by atoms with Crippen molar-refractivity contribution in [1.29, 1.82) is 0 Å². The second kappa shape index (κ2) is 6.36. The van der Waals surface area contributed by atoms with Crippen LogP contribution in [0.2, 0.25) is 0 Å². The maximum absolute atomic E-state index is 5.68. The molecule has 0 saturated heterocycles. The van der Waals surface area contributed by atoms with E-state index in [2.05, 4.69) is 63.5 Å². The highest BCUT2D eigenvalue weighted by Crippen LogP contribution is 2.25. The van der Waals surface area contributed by atoms with Crippen molar-refractivity contribution in [3.8, 4) is 0 Å². The molecule has 18 heavy (non-hydrogen) atoms. The van der Waals surface area contributed by atoms with E-state index in [1.165, 1.54) is 10.6 Å². The second-order valence-electron chi connectivity index (χ2n) is 4.07. The third-order valence-electron chi connectivity index (χ3n) is 2.93. The molecule has 0 radical (unpaired) electrons. The van der Waals surface area contributed by atoms with Crippen molar-refractivity contribution >= 4 is 33.0 Å². The van der Waals surface area contributed by atoms with E-state index in [0.717, 1.165) is 23.1 Å². The molecule has 96 valence electrons. The Balaban J connectivity index is 2.19. The molecule has 0 spiro atoms. The van der Waals surface area contributed by atoms with Crippen LogP contribution >= 0.6 is 27.3 Å². The summed E-state index contributed by atoms with van der Waals surface area (Å²) in [5, 5.41) is 2.12. The van der Waals surface area contributed by atoms with E-state index < -0.39 is 0 Å². The van der Waals surface area contributed by atoms with Crippen LogP contribution in [0.4, 0.5) is 5.69 Å². The van der Waals surface area contributed by atoms with Crippen LogP contribution in [0.1, 0.15) is 17.4 Å². The average Bonchev–Trinajstić information content (AvgIpc) is 2.88. The van der Waals surface area contributed by atoms with E-state index in [1.54, 1.807) is 11.3 Å². The van der Waals surface area contributed by atoms with E-state index in [4.69, 9.17) is 5.73 Å². The van der Waals surface area contributed by atoms with Crippen LogP contribution in [0.3, 0.4) is 0 Å². The number of rotatable bonds is 5. The predicted octanol–water partition coefficient (Wildman–Crippen LogP) is 4.00. The fourth-order valence-electron chi connectivity index (χ4n) is 1.87. The third kappa shape index (κ3) is 3.13. The molecule has 0 unspecified atom stereocenters. The number of hydrogen-bond donors (Lipinski definition) is 1. The molecule has 2 aromatic rings. The largest absolute Gasteiger partial charge is 0.367 e. The van der Waals surface area contributed by atoms with E-state index >= 15 is 0 Å². The molecule has 1 heterocycles. The highest BCUT2D eigenvalue weighted by Gasteiger charge is 2.08. The lowest BCUT2D eigenvalue weighted by molar-refractivity contribution is 0.841. The maximum atomic E-state index is 5.68. The fraction of sp³-hybridized carbons (Fsp3) is 0.286. The molecule has 1 aromatic heterocycles. The number of anilines is 1. The van der Waals surface area contributed by atoms with E-state index in [0.29, 0.717) is 6.54 Å². The van der Waals surface area contributed by atoms with Crippen LogP contribution in [0.5, 0.6) is 0 Å². The molecule has 2 N–H and O–H groups in total. The van der Waals surface area contributed by atoms with Gasteiger partial charge in [-0.25, -0.2) is 0 Å². The van der Waals surface area contributed by atoms with Gasteiger partial charge in [-0.3, -0.25) is 0 Å². The molecule has 2 nitrogen and oxygen atoms in total. The van der Waals surface area contributed by atoms with Gasteiger partial charge in [0, 0.05) is 28.1 Å². The molecule has 1 aromatic carbocycles. The van der Waals surface area contributed by atoms with Gasteiger partial charge < -0.3 is 10.6 Å². The van der Waals surface area contributed by atoms with Crippen LogP contribution in [0.25, 0.3) is 0 Å². The lowest BCUT2D eigenvalue weighted by Crippen LogP contribution is -2.21. The monoisotopic (exact) mass is 324 g/mol. The second-order valence-corrected chi connectivity index (χ2v) is 5.96. The molecule has 0 aliphatic rings. The lowest BCUT2D eigenvalue weighted by atomic mass is 10.2. The number of thiophene rings is 1. The number of nitrogens with zero attached hydrogens (tertiary/aromatic N) is 1. The van der Waals surface area contributed by atoms with Gasteiger partial charge in [-0.05, 0) is 36.1 Å². The molecule has 0 aliphatic heterocycles. The number of halogens is 1. The Labute approximate surface area is 121 Å². The van der Waals surface area contributed by atoms with E-state index in [9.17, 15) is 0 Å². The van der Waals surface area contributed by atoms with Crippen molar-refractivity contribution in [2.75, 3.05) is 11.4 Å². The number of nitrogens with two attached hydrogens (primary N) is 1. The first-order valence-corrected chi connectivity index (χ1v) is 7.67. The molecular weight excluding hydrogens is 308 g/mol. The molecule has 0 amide bonds. The summed E-state index contributed by atoms with van der Waals surface area (Å²) < 4.78 is 1.09.